The van der Waals surface area contributed by atoms with Gasteiger partial charge in [-0.2, -0.15) is 0 Å². The highest BCUT2D eigenvalue weighted by Crippen LogP contribution is 2.44. The van der Waals surface area contributed by atoms with Crippen LogP contribution in [0.15, 0.2) is 194 Å². The Morgan fingerprint density at radius 3 is 1.82 bits per heavy atom. The van der Waals surface area contributed by atoms with Crippen molar-refractivity contribution in [3.8, 4) is 44.9 Å². The summed E-state index contributed by atoms with van der Waals surface area (Å²) < 4.78 is 0. The average Bonchev–Trinajstić information content (AvgIpc) is 3.35. The highest BCUT2D eigenvalue weighted by atomic mass is 14.8. The normalized spacial score (nSPS) is 12.6. The summed E-state index contributed by atoms with van der Waals surface area (Å²) in [5.41, 5.74) is 14.2. The first-order valence-corrected chi connectivity index (χ1v) is 21.5. The van der Waals surface area contributed by atoms with E-state index in [9.17, 15) is 0 Å². The Morgan fingerprint density at radius 2 is 0.984 bits per heavy atom. The molecule has 62 heavy (non-hydrogen) atoms. The number of hydrogen-bond donors (Lipinski definition) is 0. The van der Waals surface area contributed by atoms with E-state index in [2.05, 4.69) is 194 Å². The molecule has 3 aromatic heterocycles. The number of para-hydroxylation sites is 1. The van der Waals surface area contributed by atoms with Crippen LogP contribution in [0.2, 0.25) is 0 Å². The van der Waals surface area contributed by atoms with E-state index in [4.69, 9.17) is 15.0 Å². The average molecular weight is 788 g/mol. The first-order valence-electron chi connectivity index (χ1n) is 21.5. The molecule has 0 radical (unpaired) electrons. The fraction of sp³-hybridized carbons (Fsp3) is 0.0339. The summed E-state index contributed by atoms with van der Waals surface area (Å²) >= 11 is 0. The summed E-state index contributed by atoms with van der Waals surface area (Å²) in [5, 5.41) is 13.4. The number of hydrogen-bond acceptors (Lipinski definition) is 3. The molecule has 9 aromatic carbocycles. The molecule has 3 heteroatoms. The molecule has 0 saturated carbocycles. The van der Waals surface area contributed by atoms with Gasteiger partial charge in [-0.3, -0.25) is 0 Å². The number of pyridine rings is 3. The van der Waals surface area contributed by atoms with E-state index in [-0.39, 0.29) is 0 Å². The van der Waals surface area contributed by atoms with Crippen LogP contribution >= 0.6 is 0 Å². The maximum Gasteiger partial charge on any atom is 0.0972 e. The van der Waals surface area contributed by atoms with Gasteiger partial charge in [-0.1, -0.05) is 164 Å². The molecule has 0 unspecified atom stereocenters. The lowest BCUT2D eigenvalue weighted by atomic mass is 9.84. The van der Waals surface area contributed by atoms with Gasteiger partial charge < -0.3 is 0 Å². The molecule has 13 rings (SSSR count). The highest BCUT2D eigenvalue weighted by molar-refractivity contribution is 6.24. The first kappa shape index (κ1) is 34.8. The monoisotopic (exact) mass is 787 g/mol. The molecule has 288 valence electrons. The van der Waals surface area contributed by atoms with Crippen molar-refractivity contribution >= 4 is 81.9 Å². The van der Waals surface area contributed by atoms with Crippen molar-refractivity contribution in [2.75, 3.05) is 0 Å². The minimum Gasteiger partial charge on any atom is -0.247 e. The minimum atomic E-state index is 0.917. The quantitative estimate of drug-likeness (QED) is 0.167. The molecule has 0 N–H and O–H groups in total. The fourth-order valence-corrected chi connectivity index (χ4v) is 10.1. The predicted octanol–water partition coefficient (Wildman–Crippen LogP) is 15.6. The van der Waals surface area contributed by atoms with Gasteiger partial charge >= 0.3 is 0 Å². The molecule has 1 aliphatic carbocycles. The molecular weight excluding hydrogens is 751 g/mol. The van der Waals surface area contributed by atoms with Crippen LogP contribution < -0.4 is 0 Å². The van der Waals surface area contributed by atoms with Crippen LogP contribution in [-0.4, -0.2) is 15.0 Å². The summed E-state index contributed by atoms with van der Waals surface area (Å²) in [6, 6.07) is 67.8. The fourth-order valence-electron chi connectivity index (χ4n) is 10.1. The number of aryl methyl sites for hydroxylation is 1. The van der Waals surface area contributed by atoms with Gasteiger partial charge in [0.05, 0.1) is 33.6 Å². The second-order valence-electron chi connectivity index (χ2n) is 16.6. The number of rotatable bonds is 4. The molecule has 0 atom stereocenters. The number of allylic oxidation sites excluding steroid dienone is 1. The molecular formula is C59H37N3. The van der Waals surface area contributed by atoms with Crippen molar-refractivity contribution in [3.63, 3.8) is 0 Å². The summed E-state index contributed by atoms with van der Waals surface area (Å²) in [4.78, 5) is 15.9. The van der Waals surface area contributed by atoms with Crippen LogP contribution in [0.25, 0.3) is 127 Å². The third-order valence-corrected chi connectivity index (χ3v) is 13.0. The molecule has 0 fully saturated rings. The van der Waals surface area contributed by atoms with Crippen LogP contribution in [-0.2, 0) is 6.42 Å². The Hall–Kier alpha value is -8.01. The van der Waals surface area contributed by atoms with Gasteiger partial charge in [-0.25, -0.2) is 15.0 Å². The second-order valence-corrected chi connectivity index (χ2v) is 16.6. The molecule has 12 aromatic rings. The van der Waals surface area contributed by atoms with Gasteiger partial charge in [0.25, 0.3) is 0 Å². The largest absolute Gasteiger partial charge is 0.247 e. The van der Waals surface area contributed by atoms with Gasteiger partial charge in [0.1, 0.15) is 0 Å². The lowest BCUT2D eigenvalue weighted by Gasteiger charge is -2.21. The van der Waals surface area contributed by atoms with Crippen LogP contribution in [0.1, 0.15) is 17.5 Å². The zero-order valence-electron chi connectivity index (χ0n) is 33.8. The van der Waals surface area contributed by atoms with Gasteiger partial charge in [-0.05, 0) is 109 Å². The maximum atomic E-state index is 5.45. The van der Waals surface area contributed by atoms with E-state index in [0.29, 0.717) is 0 Å². The molecule has 0 amide bonds. The summed E-state index contributed by atoms with van der Waals surface area (Å²) in [6.45, 7) is 0. The first-order chi connectivity index (χ1) is 30.7. The Kier molecular flexibility index (Phi) is 7.73. The van der Waals surface area contributed by atoms with Crippen LogP contribution in [0.5, 0.6) is 0 Å². The molecule has 0 spiro atoms. The van der Waals surface area contributed by atoms with Gasteiger partial charge in [0.15, 0.2) is 0 Å². The van der Waals surface area contributed by atoms with E-state index < -0.39 is 0 Å². The lowest BCUT2D eigenvalue weighted by molar-refractivity contribution is 1.00. The smallest absolute Gasteiger partial charge is 0.0972 e. The molecule has 1 aliphatic rings. The van der Waals surface area contributed by atoms with Crippen LogP contribution in [0, 0.1) is 0 Å². The number of fused-ring (bicyclic) bond motifs is 14. The van der Waals surface area contributed by atoms with E-state index in [0.717, 1.165) is 73.9 Å². The SMILES string of the molecule is C1=Cc2c(c3c4ccccc4nc(-c4cccc(-c5ccc6ccc7cc(-c8ccc9ccc%10ccc(-c%11ccccc%11)nc%10c9n8)ccc7c6c5)c4)c3c3ccccc23)CC1. The van der Waals surface area contributed by atoms with Gasteiger partial charge in [0.2, 0.25) is 0 Å². The predicted molar refractivity (Wildman–Crippen MR) is 261 cm³/mol. The lowest BCUT2D eigenvalue weighted by Crippen LogP contribution is -2.01. The molecule has 3 nitrogen and oxygen atoms in total. The van der Waals surface area contributed by atoms with Gasteiger partial charge in [0, 0.05) is 38.2 Å². The van der Waals surface area contributed by atoms with Crippen LogP contribution in [0.3, 0.4) is 0 Å². The minimum absolute atomic E-state index is 0.917. The Morgan fingerprint density at radius 1 is 0.355 bits per heavy atom. The molecule has 3 heterocycles. The van der Waals surface area contributed by atoms with Crippen molar-refractivity contribution in [2.24, 2.45) is 0 Å². The molecule has 0 saturated heterocycles. The third kappa shape index (κ3) is 5.48. The van der Waals surface area contributed by atoms with Crippen molar-refractivity contribution in [1.82, 2.24) is 15.0 Å². The van der Waals surface area contributed by atoms with Crippen molar-refractivity contribution in [1.29, 1.82) is 0 Å². The standard InChI is InChI=1S/C59H37N3/c1-2-11-37(12-3-1)52-31-28-38-23-24-39-29-32-53(61-59(39)58(38)60-52)43-27-30-45-42(34-43)26-22-36-21-25-41(35-51(36)45)40-13-10-14-44(33-40)57-56-49-18-7-5-16-47(49)46-15-4-6-17-48(46)55(56)50-19-8-9-20-54(50)62-57/h1-5,7-16,18-35H,6,17H2. The summed E-state index contributed by atoms with van der Waals surface area (Å²) in [5.74, 6) is 0. The van der Waals surface area contributed by atoms with E-state index in [1.54, 1.807) is 0 Å². The zero-order valence-corrected chi connectivity index (χ0v) is 33.8. The highest BCUT2D eigenvalue weighted by Gasteiger charge is 2.21. The Balaban J connectivity index is 0.926. The third-order valence-electron chi connectivity index (χ3n) is 13.0. The molecule has 0 aliphatic heterocycles. The van der Waals surface area contributed by atoms with Crippen molar-refractivity contribution < 1.29 is 0 Å². The summed E-state index contributed by atoms with van der Waals surface area (Å²) in [6.07, 6.45) is 6.73. The van der Waals surface area contributed by atoms with Crippen molar-refractivity contribution in [2.45, 2.75) is 12.8 Å². The number of aromatic nitrogens is 3. The number of benzene rings is 9. The second kappa shape index (κ2) is 13.8. The van der Waals surface area contributed by atoms with E-state index in [1.165, 1.54) is 70.7 Å². The topological polar surface area (TPSA) is 38.7 Å². The Labute approximate surface area is 358 Å². The van der Waals surface area contributed by atoms with Gasteiger partial charge in [-0.15, -0.1) is 0 Å². The zero-order chi connectivity index (χ0) is 40.7. The van der Waals surface area contributed by atoms with Crippen LogP contribution in [0.4, 0.5) is 0 Å². The van der Waals surface area contributed by atoms with E-state index >= 15 is 0 Å². The summed E-state index contributed by atoms with van der Waals surface area (Å²) in [7, 11) is 0. The Bertz CT molecular complexity index is 3860. The molecule has 0 bridgehead atoms. The maximum absolute atomic E-state index is 5.45. The number of nitrogens with zero attached hydrogens (tertiary/aromatic N) is 3. The van der Waals surface area contributed by atoms with E-state index in [1.807, 2.05) is 6.07 Å². The van der Waals surface area contributed by atoms with Crippen molar-refractivity contribution in [3.05, 3.63) is 205 Å².